The number of carbonyl (C=O) groups excluding carboxylic acids is 3. The first kappa shape index (κ1) is 39.1. The Kier molecular flexibility index (Phi) is 14.0. The van der Waals surface area contributed by atoms with Gasteiger partial charge in [0.25, 0.3) is 0 Å². The molecule has 50 heavy (non-hydrogen) atoms. The van der Waals surface area contributed by atoms with Crippen LogP contribution in [0.15, 0.2) is 72.4 Å². The first-order valence-electron chi connectivity index (χ1n) is 17.8. The molecular formula is C41H54O8S. The summed E-state index contributed by atoms with van der Waals surface area (Å²) in [4.78, 5) is 39.0. The van der Waals surface area contributed by atoms with Gasteiger partial charge in [0.05, 0.1) is 11.8 Å². The quantitative estimate of drug-likeness (QED) is 0.0692. The van der Waals surface area contributed by atoms with E-state index in [1.807, 2.05) is 13.0 Å². The van der Waals surface area contributed by atoms with Crippen LogP contribution >= 0.6 is 11.8 Å². The summed E-state index contributed by atoms with van der Waals surface area (Å²) in [5, 5.41) is 11.5. The number of hydrogen-bond acceptors (Lipinski definition) is 9. The Balaban J connectivity index is 1.56. The van der Waals surface area contributed by atoms with Gasteiger partial charge in [-0.05, 0) is 87.5 Å². The highest BCUT2D eigenvalue weighted by Crippen LogP contribution is 2.57. The van der Waals surface area contributed by atoms with E-state index in [1.54, 1.807) is 6.92 Å². The number of ether oxygens (including phenoxy) is 4. The number of fused-ring (bicyclic) bond motifs is 1. The summed E-state index contributed by atoms with van der Waals surface area (Å²) in [7, 11) is 0. The van der Waals surface area contributed by atoms with Crippen LogP contribution in [-0.2, 0) is 30.2 Å². The molecule has 1 aromatic carbocycles. The minimum Gasteiger partial charge on any atom is -0.507 e. The van der Waals surface area contributed by atoms with Gasteiger partial charge in [-0.2, -0.15) is 0 Å². The highest BCUT2D eigenvalue weighted by molar-refractivity contribution is 7.99. The van der Waals surface area contributed by atoms with E-state index in [1.165, 1.54) is 29.5 Å². The number of allylic oxidation sites excluding steroid dienone is 3. The minimum absolute atomic E-state index is 0.00660. The molecule has 1 N–H and O–H groups in total. The highest BCUT2D eigenvalue weighted by atomic mass is 32.2. The number of rotatable bonds is 18. The summed E-state index contributed by atoms with van der Waals surface area (Å²) in [6.45, 7) is 21.5. The molecule has 3 aliphatic rings. The smallest absolute Gasteiger partial charge is 0.507 e. The van der Waals surface area contributed by atoms with Crippen molar-refractivity contribution in [2.75, 3.05) is 24.9 Å². The maximum absolute atomic E-state index is 13.5. The second-order valence-corrected chi connectivity index (χ2v) is 14.8. The van der Waals surface area contributed by atoms with E-state index in [0.29, 0.717) is 17.1 Å². The third kappa shape index (κ3) is 8.76. The number of thioether (sulfide) groups is 1. The molecule has 1 saturated carbocycles. The molecule has 8 nitrogen and oxygen atoms in total. The van der Waals surface area contributed by atoms with E-state index in [2.05, 4.69) is 52.7 Å². The standard InChI is InChI=1S/C41H54O8S/c1-9-12-13-14-28-20-32(42)36(30-19-25(6)15-16-29(30)24(4)5)33(21-28)48-23-50-22-31-26(7)34-35(27(8)49-41(45)47-18-11-3)39(43)38(34)37(31)40(44)46-17-10-2/h10-11,19-21,26-27,29-30,34-35,38,42H,2-4,9,12-18,22-23H2,1,5-8H3/t26-,27+,29-,30+,34+,35+,38?/m0/s1. The molecule has 0 bridgehead atoms. The van der Waals surface area contributed by atoms with Crippen molar-refractivity contribution in [3.05, 3.63) is 83.5 Å². The van der Waals surface area contributed by atoms with Gasteiger partial charge in [-0.15, -0.1) is 11.8 Å². The lowest BCUT2D eigenvalue weighted by Gasteiger charge is -2.44. The van der Waals surface area contributed by atoms with Gasteiger partial charge >= 0.3 is 12.1 Å². The van der Waals surface area contributed by atoms with Crippen LogP contribution in [0.1, 0.15) is 83.8 Å². The Bertz CT molecular complexity index is 1520. The van der Waals surface area contributed by atoms with Crippen LogP contribution in [0, 0.1) is 29.6 Å². The van der Waals surface area contributed by atoms with Gasteiger partial charge in [0.1, 0.15) is 42.5 Å². The summed E-state index contributed by atoms with van der Waals surface area (Å²) in [6.07, 6.45) is 9.65. The van der Waals surface area contributed by atoms with Crippen LogP contribution in [0.3, 0.4) is 0 Å². The zero-order valence-electron chi connectivity index (χ0n) is 30.3. The molecule has 1 aromatic rings. The van der Waals surface area contributed by atoms with Gasteiger partial charge in [0.2, 0.25) is 0 Å². The molecule has 9 heteroatoms. The predicted molar refractivity (Wildman–Crippen MR) is 198 cm³/mol. The lowest BCUT2D eigenvalue weighted by Crippen LogP contribution is -2.54. The van der Waals surface area contributed by atoms with Gasteiger partial charge in [0, 0.05) is 22.8 Å². The summed E-state index contributed by atoms with van der Waals surface area (Å²) < 4.78 is 22.4. The molecule has 7 atom stereocenters. The van der Waals surface area contributed by atoms with Crippen molar-refractivity contribution in [3.63, 3.8) is 0 Å². The fourth-order valence-corrected chi connectivity index (χ4v) is 8.84. The molecule has 0 aromatic heterocycles. The Labute approximate surface area is 302 Å². The van der Waals surface area contributed by atoms with Crippen LogP contribution in [0.5, 0.6) is 11.5 Å². The van der Waals surface area contributed by atoms with Crippen molar-refractivity contribution in [1.82, 2.24) is 0 Å². The molecule has 0 spiro atoms. The lowest BCUT2D eigenvalue weighted by atomic mass is 9.59. The summed E-state index contributed by atoms with van der Waals surface area (Å²) >= 11 is 1.50. The second kappa shape index (κ2) is 18.0. The van der Waals surface area contributed by atoms with Crippen molar-refractivity contribution in [2.45, 2.75) is 85.2 Å². The molecule has 0 aliphatic heterocycles. The normalized spacial score (nSPS) is 24.7. The Morgan fingerprint density at radius 3 is 2.54 bits per heavy atom. The van der Waals surface area contributed by atoms with Crippen LogP contribution in [0.2, 0.25) is 0 Å². The monoisotopic (exact) mass is 706 g/mol. The molecule has 0 amide bonds. The van der Waals surface area contributed by atoms with Gasteiger partial charge in [-0.25, -0.2) is 9.59 Å². The van der Waals surface area contributed by atoms with E-state index in [0.717, 1.165) is 60.8 Å². The fraction of sp³-hybridized carbons (Fsp3) is 0.537. The zero-order valence-corrected chi connectivity index (χ0v) is 31.2. The van der Waals surface area contributed by atoms with E-state index in [4.69, 9.17) is 18.9 Å². The lowest BCUT2D eigenvalue weighted by molar-refractivity contribution is -0.153. The van der Waals surface area contributed by atoms with E-state index >= 15 is 0 Å². The van der Waals surface area contributed by atoms with Gasteiger partial charge < -0.3 is 24.1 Å². The second-order valence-electron chi connectivity index (χ2n) is 13.9. The number of unbranched alkanes of at least 4 members (excludes halogenated alkanes) is 2. The Morgan fingerprint density at radius 2 is 1.86 bits per heavy atom. The number of carbonyl (C=O) groups is 3. The number of esters is 1. The first-order valence-corrected chi connectivity index (χ1v) is 19.0. The maximum atomic E-state index is 13.5. The SMILES string of the molecule is C=CCOC(=O)O[C@H](C)[C@H]1C(=O)C2C(C(=O)OCC=C)=C(CSCOc3cc(CCCCC)cc(O)c3[C@@H]3C=C(C)CC[C@H]3C(=C)C)[C@H](C)[C@@H]21. The van der Waals surface area contributed by atoms with E-state index in [-0.39, 0.29) is 54.4 Å². The van der Waals surface area contributed by atoms with E-state index < -0.39 is 30.1 Å². The van der Waals surface area contributed by atoms with Crippen LogP contribution < -0.4 is 4.74 Å². The molecule has 0 saturated heterocycles. The minimum atomic E-state index is -0.862. The van der Waals surface area contributed by atoms with Gasteiger partial charge in [0.15, 0.2) is 0 Å². The summed E-state index contributed by atoms with van der Waals surface area (Å²) in [5.41, 5.74) is 5.42. The van der Waals surface area contributed by atoms with Gasteiger partial charge in [-0.3, -0.25) is 4.79 Å². The topological polar surface area (TPSA) is 108 Å². The van der Waals surface area contributed by atoms with Crippen LogP contribution in [-0.4, -0.2) is 54.0 Å². The third-order valence-electron chi connectivity index (χ3n) is 10.4. The molecule has 0 heterocycles. The Hall–Kier alpha value is -3.72. The third-order valence-corrected chi connectivity index (χ3v) is 11.2. The van der Waals surface area contributed by atoms with Crippen molar-refractivity contribution >= 4 is 29.7 Å². The number of hydrogen-bond donors (Lipinski definition) is 1. The molecular weight excluding hydrogens is 653 g/mol. The average Bonchev–Trinajstić information content (AvgIpc) is 3.31. The van der Waals surface area contributed by atoms with E-state index in [9.17, 15) is 19.5 Å². The number of Topliss-reactive ketones (excluding diaryl/α,β-unsaturated/α-hetero) is 1. The molecule has 1 unspecified atom stereocenters. The summed E-state index contributed by atoms with van der Waals surface area (Å²) in [5.74, 6) is -0.449. The van der Waals surface area contributed by atoms with Crippen molar-refractivity contribution < 1.29 is 38.4 Å². The number of benzene rings is 1. The first-order chi connectivity index (χ1) is 23.9. The largest absolute Gasteiger partial charge is 0.508 e. The Morgan fingerprint density at radius 1 is 1.14 bits per heavy atom. The van der Waals surface area contributed by atoms with Crippen LogP contribution in [0.4, 0.5) is 4.79 Å². The molecule has 4 rings (SSSR count). The maximum Gasteiger partial charge on any atom is 0.508 e. The van der Waals surface area contributed by atoms with Crippen molar-refractivity contribution in [3.8, 4) is 11.5 Å². The molecule has 3 aliphatic carbocycles. The molecule has 272 valence electrons. The zero-order chi connectivity index (χ0) is 36.5. The number of phenols is 1. The number of phenolic OH excluding ortho intramolecular Hbond substituents is 1. The van der Waals surface area contributed by atoms with Crippen LogP contribution in [0.25, 0.3) is 0 Å². The number of aryl methyl sites for hydroxylation is 1. The summed E-state index contributed by atoms with van der Waals surface area (Å²) in [6, 6.07) is 3.95. The molecule has 0 radical (unpaired) electrons. The fourth-order valence-electron chi connectivity index (χ4n) is 7.91. The molecule has 1 fully saturated rings. The highest BCUT2D eigenvalue weighted by Gasteiger charge is 2.62. The van der Waals surface area contributed by atoms with Gasteiger partial charge in [-0.1, -0.05) is 75.8 Å². The van der Waals surface area contributed by atoms with Crippen molar-refractivity contribution in [2.24, 2.45) is 29.6 Å². The predicted octanol–water partition coefficient (Wildman–Crippen LogP) is 9.04. The average molecular weight is 707 g/mol. The van der Waals surface area contributed by atoms with Crippen molar-refractivity contribution in [1.29, 1.82) is 0 Å². The number of aromatic hydroxyl groups is 1. The number of ketones is 1.